The van der Waals surface area contributed by atoms with Gasteiger partial charge in [0.1, 0.15) is 11.6 Å². The van der Waals surface area contributed by atoms with Gasteiger partial charge < -0.3 is 5.73 Å². The summed E-state index contributed by atoms with van der Waals surface area (Å²) in [5.74, 6) is 2.41. The van der Waals surface area contributed by atoms with Crippen LogP contribution in [-0.2, 0) is 12.2 Å². The predicted molar refractivity (Wildman–Crippen MR) is 74.0 cm³/mol. The molecule has 1 aromatic heterocycles. The smallest absolute Gasteiger partial charge is 0.140 e. The van der Waals surface area contributed by atoms with Gasteiger partial charge in [-0.3, -0.25) is 0 Å². The van der Waals surface area contributed by atoms with Crippen LogP contribution in [0.15, 0.2) is 6.07 Å². The molecule has 0 saturated heterocycles. The van der Waals surface area contributed by atoms with E-state index in [-0.39, 0.29) is 0 Å². The molecule has 0 atom stereocenters. The molecular formula is C13H21N3S. The molecular weight excluding hydrogens is 230 g/mol. The van der Waals surface area contributed by atoms with Crippen LogP contribution in [0.5, 0.6) is 0 Å². The van der Waals surface area contributed by atoms with Gasteiger partial charge in [-0.15, -0.1) is 0 Å². The van der Waals surface area contributed by atoms with Crippen LogP contribution in [0.4, 0.5) is 5.82 Å². The summed E-state index contributed by atoms with van der Waals surface area (Å²) in [4.78, 5) is 8.84. The first kappa shape index (κ1) is 12.7. The molecule has 1 aliphatic rings. The third-order valence-corrected chi connectivity index (χ3v) is 4.58. The summed E-state index contributed by atoms with van der Waals surface area (Å²) in [5.41, 5.74) is 6.84. The van der Waals surface area contributed by atoms with Crippen LogP contribution in [0.2, 0.25) is 0 Å². The molecule has 3 nitrogen and oxygen atoms in total. The lowest BCUT2D eigenvalue weighted by Gasteiger charge is -2.20. The fraction of sp³-hybridized carbons (Fsp3) is 0.692. The predicted octanol–water partition coefficient (Wildman–Crippen LogP) is 3.19. The second-order valence-corrected chi connectivity index (χ2v) is 5.91. The van der Waals surface area contributed by atoms with Gasteiger partial charge in [0.15, 0.2) is 0 Å². The summed E-state index contributed by atoms with van der Waals surface area (Å²) in [6, 6.07) is 1.87. The summed E-state index contributed by atoms with van der Waals surface area (Å²) < 4.78 is 0. The van der Waals surface area contributed by atoms with Gasteiger partial charge in [0.05, 0.1) is 5.75 Å². The Morgan fingerprint density at radius 1 is 1.29 bits per heavy atom. The van der Waals surface area contributed by atoms with Gasteiger partial charge in [0.25, 0.3) is 0 Å². The van der Waals surface area contributed by atoms with Gasteiger partial charge in [-0.2, -0.15) is 11.8 Å². The molecule has 0 unspecified atom stereocenters. The van der Waals surface area contributed by atoms with Crippen molar-refractivity contribution in [1.29, 1.82) is 0 Å². The number of aromatic nitrogens is 2. The molecule has 1 saturated carbocycles. The first-order chi connectivity index (χ1) is 8.28. The van der Waals surface area contributed by atoms with Crippen molar-refractivity contribution in [3.8, 4) is 0 Å². The molecule has 0 spiro atoms. The lowest BCUT2D eigenvalue weighted by molar-refractivity contribution is 0.516. The van der Waals surface area contributed by atoms with Gasteiger partial charge in [-0.1, -0.05) is 26.2 Å². The van der Waals surface area contributed by atoms with E-state index in [2.05, 4.69) is 16.9 Å². The second kappa shape index (κ2) is 6.24. The molecule has 0 aliphatic heterocycles. The highest BCUT2D eigenvalue weighted by Crippen LogP contribution is 2.29. The summed E-state index contributed by atoms with van der Waals surface area (Å²) in [6.45, 7) is 2.10. The lowest BCUT2D eigenvalue weighted by atomic mass is 10.0. The highest BCUT2D eigenvalue weighted by atomic mass is 32.2. The van der Waals surface area contributed by atoms with Crippen LogP contribution in [-0.4, -0.2) is 15.2 Å². The maximum Gasteiger partial charge on any atom is 0.140 e. The number of anilines is 1. The van der Waals surface area contributed by atoms with Gasteiger partial charge in [-0.05, 0) is 19.3 Å². The Morgan fingerprint density at radius 3 is 2.76 bits per heavy atom. The highest BCUT2D eigenvalue weighted by Gasteiger charge is 2.14. The summed E-state index contributed by atoms with van der Waals surface area (Å²) in [7, 11) is 0. The largest absolute Gasteiger partial charge is 0.384 e. The minimum absolute atomic E-state index is 0.607. The molecule has 17 heavy (non-hydrogen) atoms. The molecule has 1 aromatic rings. The van der Waals surface area contributed by atoms with Crippen molar-refractivity contribution in [2.45, 2.75) is 56.5 Å². The van der Waals surface area contributed by atoms with E-state index in [4.69, 9.17) is 5.73 Å². The van der Waals surface area contributed by atoms with Crippen molar-refractivity contribution in [2.24, 2.45) is 0 Å². The molecule has 2 N–H and O–H groups in total. The van der Waals surface area contributed by atoms with Crippen LogP contribution >= 0.6 is 11.8 Å². The van der Waals surface area contributed by atoms with Crippen LogP contribution in [0.3, 0.4) is 0 Å². The Kier molecular flexibility index (Phi) is 4.66. The average molecular weight is 251 g/mol. The number of hydrogen-bond acceptors (Lipinski definition) is 4. The van der Waals surface area contributed by atoms with Crippen molar-refractivity contribution in [1.82, 2.24) is 9.97 Å². The zero-order valence-corrected chi connectivity index (χ0v) is 11.3. The molecule has 94 valence electrons. The molecule has 4 heteroatoms. The van der Waals surface area contributed by atoms with Crippen LogP contribution < -0.4 is 5.73 Å². The Balaban J connectivity index is 1.91. The number of thioether (sulfide) groups is 1. The Bertz CT molecular complexity index is 362. The van der Waals surface area contributed by atoms with Crippen molar-refractivity contribution in [3.63, 3.8) is 0 Å². The number of aryl methyl sites for hydroxylation is 1. The lowest BCUT2D eigenvalue weighted by Crippen LogP contribution is -2.09. The number of nitrogens with zero attached hydrogens (tertiary/aromatic N) is 2. The van der Waals surface area contributed by atoms with Crippen molar-refractivity contribution >= 4 is 17.6 Å². The van der Waals surface area contributed by atoms with E-state index in [1.807, 2.05) is 17.8 Å². The van der Waals surface area contributed by atoms with E-state index >= 15 is 0 Å². The average Bonchev–Trinajstić information content (AvgIpc) is 2.37. The quantitative estimate of drug-likeness (QED) is 0.893. The van der Waals surface area contributed by atoms with Gasteiger partial charge >= 0.3 is 0 Å². The molecule has 0 amide bonds. The van der Waals surface area contributed by atoms with E-state index in [1.54, 1.807) is 0 Å². The molecule has 0 bridgehead atoms. The minimum atomic E-state index is 0.607. The molecule has 1 heterocycles. The van der Waals surface area contributed by atoms with Gasteiger partial charge in [0, 0.05) is 17.0 Å². The number of hydrogen-bond donors (Lipinski definition) is 1. The van der Waals surface area contributed by atoms with Gasteiger partial charge in [-0.25, -0.2) is 9.97 Å². The number of nitrogen functional groups attached to an aromatic ring is 1. The molecule has 0 aromatic carbocycles. The normalized spacial score (nSPS) is 17.2. The first-order valence-electron chi connectivity index (χ1n) is 6.52. The van der Waals surface area contributed by atoms with E-state index < -0.39 is 0 Å². The molecule has 1 aliphatic carbocycles. The van der Waals surface area contributed by atoms with Crippen molar-refractivity contribution in [3.05, 3.63) is 17.6 Å². The maximum atomic E-state index is 5.78. The van der Waals surface area contributed by atoms with Crippen molar-refractivity contribution < 1.29 is 0 Å². The second-order valence-electron chi connectivity index (χ2n) is 4.62. The van der Waals surface area contributed by atoms with E-state index in [9.17, 15) is 0 Å². The minimum Gasteiger partial charge on any atom is -0.384 e. The van der Waals surface area contributed by atoms with Crippen LogP contribution in [0.25, 0.3) is 0 Å². The Morgan fingerprint density at radius 2 is 2.06 bits per heavy atom. The third-order valence-electron chi connectivity index (χ3n) is 3.21. The van der Waals surface area contributed by atoms with Gasteiger partial charge in [0.2, 0.25) is 0 Å². The maximum absolute atomic E-state index is 5.78. The molecule has 0 radical (unpaired) electrons. The third kappa shape index (κ3) is 3.87. The number of rotatable bonds is 4. The fourth-order valence-corrected chi connectivity index (χ4v) is 3.43. The summed E-state index contributed by atoms with van der Waals surface area (Å²) in [6.07, 6.45) is 7.81. The topological polar surface area (TPSA) is 51.8 Å². The molecule has 1 fully saturated rings. The highest BCUT2D eigenvalue weighted by molar-refractivity contribution is 7.99. The fourth-order valence-electron chi connectivity index (χ4n) is 2.24. The zero-order valence-electron chi connectivity index (χ0n) is 10.5. The zero-order chi connectivity index (χ0) is 12.1. The summed E-state index contributed by atoms with van der Waals surface area (Å²) in [5, 5.41) is 0.804. The Labute approximate surface area is 108 Å². The van der Waals surface area contributed by atoms with Crippen LogP contribution in [0.1, 0.15) is 50.5 Å². The SMILES string of the molecule is CCc1cc(N)nc(CSC2CCCCC2)n1. The Hall–Kier alpha value is -0.770. The monoisotopic (exact) mass is 251 g/mol. The summed E-state index contributed by atoms with van der Waals surface area (Å²) >= 11 is 2.00. The van der Waals surface area contributed by atoms with Crippen molar-refractivity contribution in [2.75, 3.05) is 5.73 Å². The number of nitrogens with two attached hydrogens (primary N) is 1. The van der Waals surface area contributed by atoms with E-state index in [0.717, 1.165) is 28.9 Å². The van der Waals surface area contributed by atoms with Crippen LogP contribution in [0, 0.1) is 0 Å². The first-order valence-corrected chi connectivity index (χ1v) is 7.56. The standard InChI is InChI=1S/C13H21N3S/c1-2-10-8-12(14)16-13(15-10)9-17-11-6-4-3-5-7-11/h8,11H,2-7,9H2,1H3,(H2,14,15,16). The van der Waals surface area contributed by atoms with E-state index in [0.29, 0.717) is 5.82 Å². The van der Waals surface area contributed by atoms with E-state index in [1.165, 1.54) is 32.1 Å². The molecule has 2 rings (SSSR count).